The molecule has 0 saturated heterocycles. The van der Waals surface area contributed by atoms with E-state index in [1.165, 1.54) is 0 Å². The zero-order chi connectivity index (χ0) is 22.5. The summed E-state index contributed by atoms with van der Waals surface area (Å²) in [5, 5.41) is 0. The van der Waals surface area contributed by atoms with Gasteiger partial charge in [0.1, 0.15) is 0 Å². The molecule has 0 spiro atoms. The number of hydrogen-bond acceptors (Lipinski definition) is 3. The van der Waals surface area contributed by atoms with Crippen LogP contribution in [0.5, 0.6) is 0 Å². The summed E-state index contributed by atoms with van der Waals surface area (Å²) < 4.78 is 195. The van der Waals surface area contributed by atoms with Crippen molar-refractivity contribution >= 4 is 22.8 Å². The van der Waals surface area contributed by atoms with Crippen LogP contribution < -0.4 is 0 Å². The fraction of sp³-hybridized carbons (Fsp3) is 0.857. The van der Waals surface area contributed by atoms with Crippen molar-refractivity contribution in [3.05, 3.63) is 0 Å². The van der Waals surface area contributed by atoms with Gasteiger partial charge in [0.05, 0.1) is 0 Å². The molecule has 0 rings (SSSR count). The molecule has 0 radical (unpaired) electrons. The maximum atomic E-state index is 12.8. The SMILES string of the molecule is CC(=O)O[Si](O[Si](C(F)(F)F)(C(F)(F)F)C(F)(F)F)(C(F)(F)F)C(F)(F)F. The molecule has 0 amide bonds. The third-order valence-electron chi connectivity index (χ3n) is 2.53. The minimum Gasteiger partial charge on any atom is -0.484 e. The highest BCUT2D eigenvalue weighted by molar-refractivity contribution is 6.89. The Bertz CT molecular complexity index is 502. The highest BCUT2D eigenvalue weighted by Gasteiger charge is 2.97. The van der Waals surface area contributed by atoms with Crippen LogP contribution in [-0.2, 0) is 13.3 Å². The van der Waals surface area contributed by atoms with E-state index in [4.69, 9.17) is 0 Å². The summed E-state index contributed by atoms with van der Waals surface area (Å²) in [4.78, 5) is 10.5. The quantitative estimate of drug-likeness (QED) is 0.446. The van der Waals surface area contributed by atoms with Crippen LogP contribution in [-0.4, -0.2) is 51.8 Å². The molecule has 0 heterocycles. The van der Waals surface area contributed by atoms with Gasteiger partial charge >= 0.3 is 45.9 Å². The number of hydrogen-bond donors (Lipinski definition) is 0. The molecule has 0 aliphatic carbocycles. The van der Waals surface area contributed by atoms with Crippen LogP contribution >= 0.6 is 0 Å². The van der Waals surface area contributed by atoms with Crippen LogP contribution in [0.25, 0.3) is 0 Å². The van der Waals surface area contributed by atoms with E-state index in [9.17, 15) is 70.7 Å². The second-order valence-electron chi connectivity index (χ2n) is 4.48. The molecule has 3 nitrogen and oxygen atoms in total. The molecule has 0 aliphatic heterocycles. The number of rotatable bonds is 3. The summed E-state index contributed by atoms with van der Waals surface area (Å²) in [6.07, 6.45) is 0. The third kappa shape index (κ3) is 4.30. The lowest BCUT2D eigenvalue weighted by Crippen LogP contribution is -2.82. The van der Waals surface area contributed by atoms with Crippen LogP contribution in [0.4, 0.5) is 65.9 Å². The number of alkyl halides is 15. The Labute approximate surface area is 139 Å². The normalized spacial score (nSPS) is 15.7. The van der Waals surface area contributed by atoms with Crippen LogP contribution in [0.3, 0.4) is 0 Å². The van der Waals surface area contributed by atoms with Gasteiger partial charge in [-0.15, -0.1) is 0 Å². The number of halogens is 15. The smallest absolute Gasteiger partial charge is 0.484 e. The Morgan fingerprint density at radius 1 is 0.593 bits per heavy atom. The van der Waals surface area contributed by atoms with Crippen molar-refractivity contribution in [1.82, 2.24) is 0 Å². The Balaban J connectivity index is 7.26. The molecular weight excluding hydrogens is 473 g/mol. The molecule has 0 aromatic heterocycles. The summed E-state index contributed by atoms with van der Waals surface area (Å²) >= 11 is 0. The first-order valence-electron chi connectivity index (χ1n) is 5.61. The molecular formula is C7H3F15O3Si2. The molecule has 0 atom stereocenters. The summed E-state index contributed by atoms with van der Waals surface area (Å²) in [7, 11) is -19.2. The highest BCUT2D eigenvalue weighted by Crippen LogP contribution is 2.55. The predicted octanol–water partition coefficient (Wildman–Crippen LogP) is 4.46. The molecule has 0 bridgehead atoms. The Kier molecular flexibility index (Phi) is 6.41. The van der Waals surface area contributed by atoms with Crippen molar-refractivity contribution in [3.8, 4) is 0 Å². The Morgan fingerprint density at radius 2 is 0.852 bits per heavy atom. The molecule has 0 N–H and O–H groups in total. The van der Waals surface area contributed by atoms with Gasteiger partial charge in [-0.3, -0.25) is 4.79 Å². The summed E-state index contributed by atoms with van der Waals surface area (Å²) in [5.74, 6) is -40.9. The number of carbonyl (C=O) groups is 1. The van der Waals surface area contributed by atoms with Crippen molar-refractivity contribution in [2.45, 2.75) is 35.9 Å². The Morgan fingerprint density at radius 3 is 1.00 bits per heavy atom. The van der Waals surface area contributed by atoms with Crippen molar-refractivity contribution in [1.29, 1.82) is 0 Å². The van der Waals surface area contributed by atoms with E-state index in [1.807, 2.05) is 4.12 Å². The van der Waals surface area contributed by atoms with Gasteiger partial charge in [-0.2, -0.15) is 65.9 Å². The zero-order valence-corrected chi connectivity index (χ0v) is 13.9. The molecule has 20 heteroatoms. The molecule has 0 aromatic carbocycles. The second-order valence-corrected chi connectivity index (χ2v) is 10.9. The molecule has 0 fully saturated rings. The Hall–Kier alpha value is -1.19. The standard InChI is InChI=1S/C7H3F15O3Si2/c1-2(23)24-27(6(17,18)19,7(20,21)22)25-26(3(8,9)10,4(11,12)13)5(14,15)16/h1H3. The van der Waals surface area contributed by atoms with Gasteiger partial charge < -0.3 is 8.54 Å². The van der Waals surface area contributed by atoms with Crippen molar-refractivity contribution in [3.63, 3.8) is 0 Å². The van der Waals surface area contributed by atoms with E-state index < -0.39 is 51.8 Å². The first kappa shape index (κ1) is 25.8. The largest absolute Gasteiger partial charge is 0.621 e. The minimum atomic E-state index is -9.98. The fourth-order valence-electron chi connectivity index (χ4n) is 1.49. The summed E-state index contributed by atoms with van der Waals surface area (Å²) in [6.45, 7) is -0.319. The van der Waals surface area contributed by atoms with Gasteiger partial charge in [0.25, 0.3) is 5.97 Å². The zero-order valence-electron chi connectivity index (χ0n) is 11.9. The summed E-state index contributed by atoms with van der Waals surface area (Å²) in [5.41, 5.74) is 0. The molecule has 0 unspecified atom stereocenters. The lowest BCUT2D eigenvalue weighted by atomic mass is 10.9. The van der Waals surface area contributed by atoms with E-state index >= 15 is 0 Å². The molecule has 0 aliphatic rings. The minimum absolute atomic E-state index is 0.319. The number of carbonyl (C=O) groups excluding carboxylic acids is 1. The average Bonchev–Trinajstić information content (AvgIpc) is 2.25. The van der Waals surface area contributed by atoms with Crippen LogP contribution in [0.2, 0.25) is 0 Å². The van der Waals surface area contributed by atoms with Crippen LogP contribution in [0.15, 0.2) is 0 Å². The van der Waals surface area contributed by atoms with Gasteiger partial charge in [-0.25, -0.2) is 0 Å². The maximum absolute atomic E-state index is 12.8. The maximum Gasteiger partial charge on any atom is 0.621 e. The third-order valence-corrected chi connectivity index (χ3v) is 9.37. The first-order chi connectivity index (χ1) is 11.4. The van der Waals surface area contributed by atoms with E-state index in [0.29, 0.717) is 0 Å². The van der Waals surface area contributed by atoms with Gasteiger partial charge in [0.2, 0.25) is 0 Å². The molecule has 0 saturated carbocycles. The van der Waals surface area contributed by atoms with Crippen LogP contribution in [0, 0.1) is 0 Å². The van der Waals surface area contributed by atoms with Gasteiger partial charge in [-0.05, 0) is 0 Å². The molecule has 0 aromatic rings. The van der Waals surface area contributed by atoms with Crippen LogP contribution in [0.1, 0.15) is 6.92 Å². The van der Waals surface area contributed by atoms with Gasteiger partial charge in [0.15, 0.2) is 0 Å². The highest BCUT2D eigenvalue weighted by atomic mass is 28.4. The fourth-order valence-corrected chi connectivity index (χ4v) is 7.61. The lowest BCUT2D eigenvalue weighted by molar-refractivity contribution is -0.204. The van der Waals surface area contributed by atoms with Crippen molar-refractivity contribution in [2.24, 2.45) is 0 Å². The van der Waals surface area contributed by atoms with E-state index in [-0.39, 0.29) is 6.92 Å². The van der Waals surface area contributed by atoms with Crippen molar-refractivity contribution < 1.29 is 79.2 Å². The second kappa shape index (κ2) is 6.70. The molecule has 162 valence electrons. The topological polar surface area (TPSA) is 35.5 Å². The van der Waals surface area contributed by atoms with Gasteiger partial charge in [-0.1, -0.05) is 0 Å². The summed E-state index contributed by atoms with van der Waals surface area (Å²) in [6, 6.07) is 0. The molecule has 27 heavy (non-hydrogen) atoms. The van der Waals surface area contributed by atoms with E-state index in [2.05, 4.69) is 4.43 Å². The lowest BCUT2D eigenvalue weighted by Gasteiger charge is -2.42. The monoisotopic (exact) mass is 476 g/mol. The van der Waals surface area contributed by atoms with E-state index in [0.717, 1.165) is 0 Å². The first-order valence-corrected chi connectivity index (χ1v) is 9.33. The van der Waals surface area contributed by atoms with Gasteiger partial charge in [0, 0.05) is 6.92 Å². The predicted molar refractivity (Wildman–Crippen MR) is 54.6 cm³/mol. The van der Waals surface area contributed by atoms with Crippen molar-refractivity contribution in [2.75, 3.05) is 0 Å². The average molecular weight is 476 g/mol. The van der Waals surface area contributed by atoms with E-state index in [1.54, 1.807) is 0 Å².